The lowest BCUT2D eigenvalue weighted by molar-refractivity contribution is 0.581. The van der Waals surface area contributed by atoms with E-state index in [4.69, 9.17) is 5.73 Å². The van der Waals surface area contributed by atoms with E-state index < -0.39 is 0 Å². The second kappa shape index (κ2) is 3.46. The molecule has 1 unspecified atom stereocenters. The summed E-state index contributed by atoms with van der Waals surface area (Å²) in [6, 6.07) is 6.29. The average molecular weight is 207 g/mol. The Kier molecular flexibility index (Phi) is 2.29. The van der Waals surface area contributed by atoms with Gasteiger partial charge in [-0.25, -0.2) is 4.68 Å². The fourth-order valence-electron chi connectivity index (χ4n) is 1.45. The van der Waals surface area contributed by atoms with Gasteiger partial charge in [0.25, 0.3) is 0 Å². The van der Waals surface area contributed by atoms with Crippen LogP contribution >= 0.6 is 11.3 Å². The average Bonchev–Trinajstić information content (AvgIpc) is 2.73. The predicted molar refractivity (Wildman–Crippen MR) is 59.5 cm³/mol. The molecule has 0 aliphatic carbocycles. The first-order valence-corrected chi connectivity index (χ1v) is 5.35. The molecule has 0 aliphatic rings. The SMILES string of the molecule is Cc1ccc(C(C)n2nccc2N)s1. The second-order valence-corrected chi connectivity index (χ2v) is 4.64. The number of nitrogen functional groups attached to an aromatic ring is 1. The lowest BCUT2D eigenvalue weighted by Gasteiger charge is -2.11. The molecule has 0 aromatic carbocycles. The van der Waals surface area contributed by atoms with E-state index in [9.17, 15) is 0 Å². The molecular weight excluding hydrogens is 194 g/mol. The summed E-state index contributed by atoms with van der Waals surface area (Å²) in [6.45, 7) is 4.21. The van der Waals surface area contributed by atoms with Crippen molar-refractivity contribution in [2.45, 2.75) is 19.9 Å². The zero-order valence-corrected chi connectivity index (χ0v) is 9.08. The Labute approximate surface area is 87.2 Å². The van der Waals surface area contributed by atoms with Crippen molar-refractivity contribution in [1.29, 1.82) is 0 Å². The van der Waals surface area contributed by atoms with Crippen LogP contribution in [-0.2, 0) is 0 Å². The quantitative estimate of drug-likeness (QED) is 0.822. The van der Waals surface area contributed by atoms with Crippen LogP contribution < -0.4 is 5.73 Å². The fourth-order valence-corrected chi connectivity index (χ4v) is 2.36. The molecule has 0 aliphatic heterocycles. The summed E-state index contributed by atoms with van der Waals surface area (Å²) in [7, 11) is 0. The largest absolute Gasteiger partial charge is 0.384 e. The summed E-state index contributed by atoms with van der Waals surface area (Å²) >= 11 is 1.79. The highest BCUT2D eigenvalue weighted by Crippen LogP contribution is 2.26. The van der Waals surface area contributed by atoms with Crippen LogP contribution in [0.4, 0.5) is 5.82 Å². The summed E-state index contributed by atoms with van der Waals surface area (Å²) in [5.74, 6) is 0.712. The van der Waals surface area contributed by atoms with E-state index in [1.165, 1.54) is 9.75 Å². The van der Waals surface area contributed by atoms with Gasteiger partial charge in [-0.2, -0.15) is 5.10 Å². The van der Waals surface area contributed by atoms with E-state index in [0.29, 0.717) is 5.82 Å². The van der Waals surface area contributed by atoms with Crippen molar-refractivity contribution >= 4 is 17.2 Å². The van der Waals surface area contributed by atoms with Crippen molar-refractivity contribution < 1.29 is 0 Å². The molecule has 0 amide bonds. The Balaban J connectivity index is 2.33. The number of nitrogens with zero attached hydrogens (tertiary/aromatic N) is 2. The molecule has 2 N–H and O–H groups in total. The van der Waals surface area contributed by atoms with Crippen molar-refractivity contribution in [2.24, 2.45) is 0 Å². The van der Waals surface area contributed by atoms with E-state index in [1.807, 2.05) is 10.7 Å². The van der Waals surface area contributed by atoms with Gasteiger partial charge in [0.2, 0.25) is 0 Å². The van der Waals surface area contributed by atoms with Crippen LogP contribution in [0.1, 0.15) is 22.7 Å². The molecule has 4 heteroatoms. The summed E-state index contributed by atoms with van der Waals surface area (Å²) in [4.78, 5) is 2.61. The van der Waals surface area contributed by atoms with E-state index in [1.54, 1.807) is 17.5 Å². The molecule has 2 aromatic heterocycles. The molecule has 0 saturated heterocycles. The Bertz CT molecular complexity index is 430. The van der Waals surface area contributed by atoms with Crippen LogP contribution in [-0.4, -0.2) is 9.78 Å². The van der Waals surface area contributed by atoms with E-state index in [-0.39, 0.29) is 6.04 Å². The van der Waals surface area contributed by atoms with Gasteiger partial charge in [0.1, 0.15) is 5.82 Å². The fraction of sp³-hybridized carbons (Fsp3) is 0.300. The normalized spacial score (nSPS) is 13.0. The number of aryl methyl sites for hydroxylation is 1. The van der Waals surface area contributed by atoms with Gasteiger partial charge in [0.15, 0.2) is 0 Å². The van der Waals surface area contributed by atoms with Gasteiger partial charge in [-0.15, -0.1) is 11.3 Å². The number of hydrogen-bond donors (Lipinski definition) is 1. The molecule has 3 nitrogen and oxygen atoms in total. The van der Waals surface area contributed by atoms with E-state index in [2.05, 4.69) is 31.1 Å². The van der Waals surface area contributed by atoms with Crippen molar-refractivity contribution in [3.8, 4) is 0 Å². The second-order valence-electron chi connectivity index (χ2n) is 3.33. The van der Waals surface area contributed by atoms with E-state index in [0.717, 1.165) is 0 Å². The Hall–Kier alpha value is -1.29. The Morgan fingerprint density at radius 2 is 2.21 bits per heavy atom. The smallest absolute Gasteiger partial charge is 0.122 e. The molecule has 14 heavy (non-hydrogen) atoms. The molecule has 0 fully saturated rings. The first-order valence-electron chi connectivity index (χ1n) is 4.54. The minimum absolute atomic E-state index is 0.226. The van der Waals surface area contributed by atoms with Crippen LogP contribution in [0.5, 0.6) is 0 Å². The van der Waals surface area contributed by atoms with Crippen molar-refractivity contribution in [1.82, 2.24) is 9.78 Å². The molecule has 2 aromatic rings. The zero-order valence-electron chi connectivity index (χ0n) is 8.27. The Morgan fingerprint density at radius 1 is 1.43 bits per heavy atom. The van der Waals surface area contributed by atoms with Crippen molar-refractivity contribution in [3.05, 3.63) is 34.2 Å². The van der Waals surface area contributed by atoms with Gasteiger partial charge in [0.05, 0.1) is 12.2 Å². The molecule has 1 atom stereocenters. The lowest BCUT2D eigenvalue weighted by Crippen LogP contribution is -2.09. The van der Waals surface area contributed by atoms with Crippen LogP contribution in [0.25, 0.3) is 0 Å². The molecule has 2 heterocycles. The third kappa shape index (κ3) is 1.53. The third-order valence-corrected chi connectivity index (χ3v) is 3.41. The topological polar surface area (TPSA) is 43.8 Å². The van der Waals surface area contributed by atoms with Crippen LogP contribution in [0.3, 0.4) is 0 Å². The highest BCUT2D eigenvalue weighted by atomic mass is 32.1. The standard InChI is InChI=1S/C10H13N3S/c1-7-3-4-9(14-7)8(2)13-10(11)5-6-12-13/h3-6,8H,11H2,1-2H3. The van der Waals surface area contributed by atoms with Crippen LogP contribution in [0.2, 0.25) is 0 Å². The maximum atomic E-state index is 5.79. The number of nitrogens with two attached hydrogens (primary N) is 1. The minimum atomic E-state index is 0.226. The number of thiophene rings is 1. The summed E-state index contributed by atoms with van der Waals surface area (Å²) < 4.78 is 1.84. The summed E-state index contributed by atoms with van der Waals surface area (Å²) in [5.41, 5.74) is 5.79. The first-order chi connectivity index (χ1) is 6.68. The minimum Gasteiger partial charge on any atom is -0.384 e. The van der Waals surface area contributed by atoms with Gasteiger partial charge >= 0.3 is 0 Å². The summed E-state index contributed by atoms with van der Waals surface area (Å²) in [5, 5.41) is 4.20. The van der Waals surface area contributed by atoms with Gasteiger partial charge < -0.3 is 5.73 Å². The monoisotopic (exact) mass is 207 g/mol. The summed E-state index contributed by atoms with van der Waals surface area (Å²) in [6.07, 6.45) is 1.73. The van der Waals surface area contributed by atoms with Crippen molar-refractivity contribution in [2.75, 3.05) is 5.73 Å². The number of aromatic nitrogens is 2. The van der Waals surface area contributed by atoms with Crippen LogP contribution in [0.15, 0.2) is 24.4 Å². The highest BCUT2D eigenvalue weighted by molar-refractivity contribution is 7.12. The van der Waals surface area contributed by atoms with Gasteiger partial charge in [0, 0.05) is 9.75 Å². The molecule has 0 spiro atoms. The van der Waals surface area contributed by atoms with E-state index >= 15 is 0 Å². The molecule has 0 radical (unpaired) electrons. The number of hydrogen-bond acceptors (Lipinski definition) is 3. The van der Waals surface area contributed by atoms with Crippen LogP contribution in [0, 0.1) is 6.92 Å². The molecule has 0 bridgehead atoms. The molecule has 74 valence electrons. The third-order valence-electron chi connectivity index (χ3n) is 2.24. The van der Waals surface area contributed by atoms with Gasteiger partial charge in [-0.05, 0) is 32.0 Å². The molecule has 2 rings (SSSR count). The maximum Gasteiger partial charge on any atom is 0.122 e. The first kappa shape index (κ1) is 9.27. The maximum absolute atomic E-state index is 5.79. The van der Waals surface area contributed by atoms with Gasteiger partial charge in [-0.3, -0.25) is 0 Å². The predicted octanol–water partition coefficient (Wildman–Crippen LogP) is 2.44. The zero-order chi connectivity index (χ0) is 10.1. The highest BCUT2D eigenvalue weighted by Gasteiger charge is 2.11. The van der Waals surface area contributed by atoms with Crippen molar-refractivity contribution in [3.63, 3.8) is 0 Å². The molecule has 0 saturated carbocycles. The lowest BCUT2D eigenvalue weighted by atomic mass is 10.3. The Morgan fingerprint density at radius 3 is 2.71 bits per heavy atom. The number of rotatable bonds is 2. The number of anilines is 1. The van der Waals surface area contributed by atoms with Gasteiger partial charge in [-0.1, -0.05) is 0 Å². The molecular formula is C10H13N3S.